The number of aromatic nitrogens is 3. The molecule has 0 fully saturated rings. The molecule has 154 valence electrons. The number of nitriles is 1. The monoisotopic (exact) mass is 460 g/mol. The Bertz CT molecular complexity index is 1090. The highest BCUT2D eigenvalue weighted by molar-refractivity contribution is 7.99. The van der Waals surface area contributed by atoms with E-state index in [1.807, 2.05) is 31.2 Å². The molecule has 0 radical (unpaired) electrons. The van der Waals surface area contributed by atoms with Gasteiger partial charge >= 0.3 is 0 Å². The Morgan fingerprint density at radius 1 is 1.23 bits per heavy atom. The molecule has 3 rings (SSSR count). The number of nitrogens with two attached hydrogens (primary N) is 1. The number of nitrogens with zero attached hydrogens (tertiary/aromatic N) is 5. The van der Waals surface area contributed by atoms with Crippen LogP contribution < -0.4 is 10.7 Å². The van der Waals surface area contributed by atoms with Crippen LogP contribution in [0.15, 0.2) is 47.6 Å². The Kier molecular flexibility index (Phi) is 7.21. The fraction of sp³-hybridized carbons (Fsp3) is 0.200. The van der Waals surface area contributed by atoms with Crippen LogP contribution in [0.3, 0.4) is 0 Å². The van der Waals surface area contributed by atoms with E-state index >= 15 is 0 Å². The summed E-state index contributed by atoms with van der Waals surface area (Å²) in [6.07, 6.45) is 0.231. The van der Waals surface area contributed by atoms with Gasteiger partial charge in [0.25, 0.3) is 0 Å². The maximum absolute atomic E-state index is 12.9. The molecule has 0 saturated heterocycles. The summed E-state index contributed by atoms with van der Waals surface area (Å²) >= 11 is 13.4. The zero-order valence-corrected chi connectivity index (χ0v) is 18.4. The van der Waals surface area contributed by atoms with Crippen molar-refractivity contribution in [3.63, 3.8) is 0 Å². The summed E-state index contributed by atoms with van der Waals surface area (Å²) < 4.78 is 1.28. The molecule has 0 unspecified atom stereocenters. The van der Waals surface area contributed by atoms with Gasteiger partial charge in [-0.2, -0.15) is 5.26 Å². The normalized spacial score (nSPS) is 10.6. The van der Waals surface area contributed by atoms with Crippen molar-refractivity contribution >= 4 is 46.6 Å². The first-order chi connectivity index (χ1) is 14.4. The minimum Gasteiger partial charge on any atom is -0.335 e. The molecular weight excluding hydrogens is 443 g/mol. The van der Waals surface area contributed by atoms with Crippen LogP contribution in [0.4, 0.5) is 5.69 Å². The lowest BCUT2D eigenvalue weighted by molar-refractivity contribution is -0.116. The topological polar surface area (TPSA) is 101 Å². The van der Waals surface area contributed by atoms with Crippen molar-refractivity contribution in [1.29, 1.82) is 5.26 Å². The maximum Gasteiger partial charge on any atom is 0.237 e. The molecule has 1 heterocycles. The van der Waals surface area contributed by atoms with Crippen LogP contribution in [-0.2, 0) is 4.79 Å². The number of carbonyl (C=O) groups is 1. The van der Waals surface area contributed by atoms with Gasteiger partial charge in [0.15, 0.2) is 5.82 Å². The molecule has 2 aromatic carbocycles. The van der Waals surface area contributed by atoms with E-state index in [-0.39, 0.29) is 18.1 Å². The highest BCUT2D eigenvalue weighted by Gasteiger charge is 2.19. The van der Waals surface area contributed by atoms with Crippen LogP contribution >= 0.6 is 35.0 Å². The number of anilines is 1. The number of rotatable bonds is 7. The molecule has 0 saturated carbocycles. The molecule has 0 aliphatic heterocycles. The first-order valence-corrected chi connectivity index (χ1v) is 10.7. The second-order valence-corrected chi connectivity index (χ2v) is 8.16. The molecule has 3 aromatic rings. The van der Waals surface area contributed by atoms with Gasteiger partial charge in [-0.3, -0.25) is 4.79 Å². The van der Waals surface area contributed by atoms with Crippen LogP contribution in [0.1, 0.15) is 12.0 Å². The molecule has 7 nitrogen and oxygen atoms in total. The van der Waals surface area contributed by atoms with Crippen molar-refractivity contribution in [3.05, 3.63) is 58.1 Å². The van der Waals surface area contributed by atoms with E-state index < -0.39 is 0 Å². The van der Waals surface area contributed by atoms with Gasteiger partial charge in [0, 0.05) is 22.8 Å². The van der Waals surface area contributed by atoms with E-state index in [0.717, 1.165) is 23.0 Å². The van der Waals surface area contributed by atoms with E-state index in [1.54, 1.807) is 23.1 Å². The van der Waals surface area contributed by atoms with Crippen LogP contribution in [0.25, 0.3) is 11.4 Å². The number of thioether (sulfide) groups is 1. The summed E-state index contributed by atoms with van der Waals surface area (Å²) in [5.74, 6) is 6.39. The van der Waals surface area contributed by atoms with E-state index in [4.69, 9.17) is 34.3 Å². The number of benzene rings is 2. The van der Waals surface area contributed by atoms with Gasteiger partial charge in [-0.1, -0.05) is 52.7 Å². The van der Waals surface area contributed by atoms with Crippen molar-refractivity contribution in [2.75, 3.05) is 23.0 Å². The van der Waals surface area contributed by atoms with Gasteiger partial charge in [0.1, 0.15) is 0 Å². The van der Waals surface area contributed by atoms with E-state index in [1.165, 1.54) is 4.68 Å². The van der Waals surface area contributed by atoms with Crippen LogP contribution in [0.5, 0.6) is 0 Å². The van der Waals surface area contributed by atoms with Gasteiger partial charge in [0.05, 0.1) is 23.3 Å². The summed E-state index contributed by atoms with van der Waals surface area (Å²) in [6, 6.07) is 14.6. The van der Waals surface area contributed by atoms with Gasteiger partial charge in [0.2, 0.25) is 11.1 Å². The maximum atomic E-state index is 12.9. The number of nitrogen functional groups attached to an aromatic ring is 1. The Labute approximate surface area is 188 Å². The van der Waals surface area contributed by atoms with Gasteiger partial charge in [-0.25, -0.2) is 4.68 Å². The van der Waals surface area contributed by atoms with Gasteiger partial charge in [-0.05, 0) is 37.3 Å². The molecule has 0 atom stereocenters. The average molecular weight is 461 g/mol. The van der Waals surface area contributed by atoms with Crippen molar-refractivity contribution in [2.24, 2.45) is 0 Å². The Balaban J connectivity index is 1.76. The minimum atomic E-state index is -0.163. The van der Waals surface area contributed by atoms with Crippen LogP contribution in [0, 0.1) is 18.3 Å². The molecule has 0 aliphatic rings. The lowest BCUT2D eigenvalue weighted by Gasteiger charge is -2.21. The number of hydrogen-bond acceptors (Lipinski definition) is 6. The Morgan fingerprint density at radius 2 is 1.97 bits per heavy atom. The smallest absolute Gasteiger partial charge is 0.237 e. The van der Waals surface area contributed by atoms with Crippen LogP contribution in [0.2, 0.25) is 10.0 Å². The largest absolute Gasteiger partial charge is 0.335 e. The first kappa shape index (κ1) is 22.0. The molecule has 10 heteroatoms. The number of amides is 1. The molecule has 1 aromatic heterocycles. The highest BCUT2D eigenvalue weighted by Crippen LogP contribution is 2.30. The molecule has 0 bridgehead atoms. The fourth-order valence-corrected chi connectivity index (χ4v) is 3.82. The Morgan fingerprint density at radius 3 is 2.67 bits per heavy atom. The lowest BCUT2D eigenvalue weighted by Crippen LogP contribution is -2.33. The van der Waals surface area contributed by atoms with E-state index in [0.29, 0.717) is 33.1 Å². The SMILES string of the molecule is Cc1ccc(N(CCC#N)C(=O)CSc2nnc(-c3cc(Cl)ccc3Cl)n2N)cc1. The third-order valence-electron chi connectivity index (χ3n) is 4.25. The first-order valence-electron chi connectivity index (χ1n) is 8.93. The Hall–Kier alpha value is -2.73. The number of carbonyl (C=O) groups excluding carboxylic acids is 1. The molecule has 0 spiro atoms. The summed E-state index contributed by atoms with van der Waals surface area (Å²) in [5.41, 5.74) is 2.37. The van der Waals surface area contributed by atoms with Gasteiger partial charge in [-0.15, -0.1) is 10.2 Å². The third-order valence-corrected chi connectivity index (χ3v) is 5.75. The van der Waals surface area contributed by atoms with Crippen molar-refractivity contribution in [2.45, 2.75) is 18.5 Å². The molecule has 30 heavy (non-hydrogen) atoms. The highest BCUT2D eigenvalue weighted by atomic mass is 35.5. The fourth-order valence-electron chi connectivity index (χ4n) is 2.72. The van der Waals surface area contributed by atoms with E-state index in [2.05, 4.69) is 16.3 Å². The van der Waals surface area contributed by atoms with Crippen molar-refractivity contribution in [3.8, 4) is 17.5 Å². The predicted octanol–water partition coefficient (Wildman–Crippen LogP) is 4.31. The van der Waals surface area contributed by atoms with Crippen molar-refractivity contribution < 1.29 is 4.79 Å². The van der Waals surface area contributed by atoms with Crippen LogP contribution in [-0.4, -0.2) is 33.1 Å². The second-order valence-electron chi connectivity index (χ2n) is 6.38. The van der Waals surface area contributed by atoms with Gasteiger partial charge < -0.3 is 10.7 Å². The number of halogens is 2. The standard InChI is InChI=1S/C20H18Cl2N6OS/c1-13-3-6-15(7-4-13)27(10-2-9-23)18(29)12-30-20-26-25-19(28(20)24)16-11-14(21)5-8-17(16)22/h3-8,11H,2,10,12,24H2,1H3. The third kappa shape index (κ3) is 5.05. The molecular formula is C20H18Cl2N6OS. The van der Waals surface area contributed by atoms with Crippen molar-refractivity contribution in [1.82, 2.24) is 14.9 Å². The predicted molar refractivity (Wildman–Crippen MR) is 120 cm³/mol. The zero-order chi connectivity index (χ0) is 21.7. The summed E-state index contributed by atoms with van der Waals surface area (Å²) in [7, 11) is 0. The average Bonchev–Trinajstić information content (AvgIpc) is 3.10. The van der Waals surface area contributed by atoms with E-state index in [9.17, 15) is 4.79 Å². The summed E-state index contributed by atoms with van der Waals surface area (Å²) in [4.78, 5) is 14.4. The lowest BCUT2D eigenvalue weighted by atomic mass is 10.2. The minimum absolute atomic E-state index is 0.0813. The number of hydrogen-bond donors (Lipinski definition) is 1. The molecule has 2 N–H and O–H groups in total. The molecule has 0 aliphatic carbocycles. The summed E-state index contributed by atoms with van der Waals surface area (Å²) in [6.45, 7) is 2.27. The quantitative estimate of drug-likeness (QED) is 0.416. The number of aryl methyl sites for hydroxylation is 1. The second kappa shape index (κ2) is 9.85. The summed E-state index contributed by atoms with van der Waals surface area (Å²) in [5, 5.41) is 18.4. The molecule has 1 amide bonds. The zero-order valence-electron chi connectivity index (χ0n) is 16.0.